The third-order valence-electron chi connectivity index (χ3n) is 6.60. The molecule has 180 valence electrons. The zero-order valence-corrected chi connectivity index (χ0v) is 21.1. The topological polar surface area (TPSA) is 49.4 Å². The lowest BCUT2D eigenvalue weighted by Crippen LogP contribution is -2.38. The van der Waals surface area contributed by atoms with E-state index in [2.05, 4.69) is 61.6 Å². The van der Waals surface area contributed by atoms with Crippen LogP contribution in [0.5, 0.6) is 0 Å². The van der Waals surface area contributed by atoms with Crippen molar-refractivity contribution < 1.29 is 12.8 Å². The van der Waals surface area contributed by atoms with Gasteiger partial charge >= 0.3 is 0 Å². The van der Waals surface area contributed by atoms with Crippen molar-refractivity contribution in [2.45, 2.75) is 63.4 Å². The van der Waals surface area contributed by atoms with Gasteiger partial charge in [-0.15, -0.1) is 0 Å². The summed E-state index contributed by atoms with van der Waals surface area (Å²) in [5, 5.41) is 0. The normalized spacial score (nSPS) is 15.6. The van der Waals surface area contributed by atoms with E-state index in [1.165, 1.54) is 41.0 Å². The van der Waals surface area contributed by atoms with Crippen molar-refractivity contribution >= 4 is 15.7 Å². The molecule has 0 amide bonds. The maximum atomic E-state index is 13.1. The lowest BCUT2D eigenvalue weighted by atomic mass is 9.86. The first-order valence-corrected chi connectivity index (χ1v) is 13.2. The minimum absolute atomic E-state index is 0.154. The van der Waals surface area contributed by atoms with Crippen molar-refractivity contribution in [3.05, 3.63) is 94.8 Å². The summed E-state index contributed by atoms with van der Waals surface area (Å²) in [6, 6.07) is 20.0. The zero-order chi connectivity index (χ0) is 24.5. The number of anilines is 1. The van der Waals surface area contributed by atoms with E-state index in [1.54, 1.807) is 12.1 Å². The minimum Gasteiger partial charge on any atom is -0.296 e. The third-order valence-corrected chi connectivity index (χ3v) is 7.98. The largest absolute Gasteiger partial charge is 0.296 e. The number of nitrogens with zero attached hydrogens (tertiary/aromatic N) is 1. The van der Waals surface area contributed by atoms with Gasteiger partial charge in [0.15, 0.2) is 0 Å². The summed E-state index contributed by atoms with van der Waals surface area (Å²) in [7, 11) is -3.73. The van der Waals surface area contributed by atoms with Gasteiger partial charge in [0.05, 0.1) is 4.90 Å². The van der Waals surface area contributed by atoms with Crippen LogP contribution in [0.15, 0.2) is 71.6 Å². The predicted octanol–water partition coefficient (Wildman–Crippen LogP) is 5.91. The molecule has 1 aliphatic heterocycles. The van der Waals surface area contributed by atoms with Gasteiger partial charge in [-0.3, -0.25) is 9.62 Å². The Balaban J connectivity index is 1.42. The number of halogens is 1. The van der Waals surface area contributed by atoms with E-state index < -0.39 is 15.8 Å². The molecule has 0 saturated heterocycles. The molecule has 3 aromatic rings. The van der Waals surface area contributed by atoms with Gasteiger partial charge in [0.1, 0.15) is 5.82 Å². The van der Waals surface area contributed by atoms with Crippen molar-refractivity contribution in [3.63, 3.8) is 0 Å². The maximum absolute atomic E-state index is 13.1. The van der Waals surface area contributed by atoms with Crippen LogP contribution in [0.25, 0.3) is 0 Å². The first-order valence-electron chi connectivity index (χ1n) is 11.7. The van der Waals surface area contributed by atoms with Crippen LogP contribution in [0.4, 0.5) is 10.1 Å². The SMILES string of the molecule is C[C@@H](Cc1ccc(C(C)(C)C)cc1)N1CCc2cc(S(=O)(=O)Nc3ccc(F)cc3)ccc2C1. The molecule has 0 spiro atoms. The van der Waals surface area contributed by atoms with Crippen molar-refractivity contribution in [1.29, 1.82) is 0 Å². The monoisotopic (exact) mass is 480 g/mol. The molecule has 4 nitrogen and oxygen atoms in total. The number of rotatable bonds is 6. The summed E-state index contributed by atoms with van der Waals surface area (Å²) in [6.07, 6.45) is 1.79. The van der Waals surface area contributed by atoms with Crippen LogP contribution in [0.2, 0.25) is 0 Å². The molecule has 1 atom stereocenters. The van der Waals surface area contributed by atoms with Gasteiger partial charge in [0.2, 0.25) is 0 Å². The van der Waals surface area contributed by atoms with E-state index in [4.69, 9.17) is 0 Å². The fourth-order valence-corrected chi connectivity index (χ4v) is 5.55. The molecule has 1 aliphatic rings. The van der Waals surface area contributed by atoms with Gasteiger partial charge in [0.25, 0.3) is 10.0 Å². The molecule has 6 heteroatoms. The number of fused-ring (bicyclic) bond motifs is 1. The minimum atomic E-state index is -3.73. The molecule has 0 radical (unpaired) electrons. The molecular weight excluding hydrogens is 447 g/mol. The molecule has 0 aromatic heterocycles. The molecule has 1 N–H and O–H groups in total. The van der Waals surface area contributed by atoms with E-state index in [1.807, 2.05) is 6.07 Å². The Morgan fingerprint density at radius 3 is 2.29 bits per heavy atom. The first kappa shape index (κ1) is 24.4. The molecule has 0 unspecified atom stereocenters. The van der Waals surface area contributed by atoms with Crippen LogP contribution in [0.1, 0.15) is 49.9 Å². The quantitative estimate of drug-likeness (QED) is 0.477. The molecule has 4 rings (SSSR count). The van der Waals surface area contributed by atoms with E-state index in [0.717, 1.165) is 31.5 Å². The van der Waals surface area contributed by atoms with Crippen molar-refractivity contribution in [2.24, 2.45) is 0 Å². The van der Waals surface area contributed by atoms with E-state index in [9.17, 15) is 12.8 Å². The lowest BCUT2D eigenvalue weighted by Gasteiger charge is -2.34. The highest BCUT2D eigenvalue weighted by molar-refractivity contribution is 7.92. The van der Waals surface area contributed by atoms with Crippen LogP contribution < -0.4 is 4.72 Å². The molecule has 3 aromatic carbocycles. The van der Waals surface area contributed by atoms with Gasteiger partial charge in [0, 0.05) is 24.8 Å². The average molecular weight is 481 g/mol. The fourth-order valence-electron chi connectivity index (χ4n) is 4.44. The lowest BCUT2D eigenvalue weighted by molar-refractivity contribution is 0.189. The summed E-state index contributed by atoms with van der Waals surface area (Å²) in [6.45, 7) is 10.6. The van der Waals surface area contributed by atoms with Crippen LogP contribution >= 0.6 is 0 Å². The molecule has 1 heterocycles. The predicted molar refractivity (Wildman–Crippen MR) is 136 cm³/mol. The zero-order valence-electron chi connectivity index (χ0n) is 20.3. The van der Waals surface area contributed by atoms with Crippen LogP contribution in [0.3, 0.4) is 0 Å². The van der Waals surface area contributed by atoms with Crippen molar-refractivity contribution in [3.8, 4) is 0 Å². The van der Waals surface area contributed by atoms with Crippen LogP contribution in [0, 0.1) is 5.82 Å². The number of benzene rings is 3. The Morgan fingerprint density at radius 2 is 1.65 bits per heavy atom. The summed E-state index contributed by atoms with van der Waals surface area (Å²) in [5.41, 5.74) is 5.41. The number of hydrogen-bond acceptors (Lipinski definition) is 3. The molecule has 0 saturated carbocycles. The van der Waals surface area contributed by atoms with Crippen molar-refractivity contribution in [1.82, 2.24) is 4.90 Å². The van der Waals surface area contributed by atoms with E-state index in [0.29, 0.717) is 11.7 Å². The first-order chi connectivity index (χ1) is 16.0. The molecule has 0 fully saturated rings. The van der Waals surface area contributed by atoms with Crippen molar-refractivity contribution in [2.75, 3.05) is 11.3 Å². The Bertz CT molecular complexity index is 1250. The van der Waals surface area contributed by atoms with Crippen LogP contribution in [-0.2, 0) is 34.8 Å². The molecule has 0 bridgehead atoms. The summed E-state index contributed by atoms with van der Waals surface area (Å²) < 4.78 is 41.3. The Labute approximate surface area is 202 Å². The summed E-state index contributed by atoms with van der Waals surface area (Å²) >= 11 is 0. The molecule has 34 heavy (non-hydrogen) atoms. The number of sulfonamides is 1. The second-order valence-electron chi connectivity index (χ2n) is 10.3. The van der Waals surface area contributed by atoms with E-state index >= 15 is 0 Å². The fraction of sp³-hybridized carbons (Fsp3) is 0.357. The summed E-state index contributed by atoms with van der Waals surface area (Å²) in [5.74, 6) is -0.405. The second kappa shape index (κ2) is 9.51. The number of nitrogens with one attached hydrogen (secondary N) is 1. The molecular formula is C28H33FN2O2S. The molecule has 0 aliphatic carbocycles. The Kier molecular flexibility index (Phi) is 6.83. The highest BCUT2D eigenvalue weighted by atomic mass is 32.2. The van der Waals surface area contributed by atoms with Gasteiger partial charge in [-0.2, -0.15) is 0 Å². The highest BCUT2D eigenvalue weighted by Gasteiger charge is 2.24. The summed E-state index contributed by atoms with van der Waals surface area (Å²) in [4.78, 5) is 2.70. The third kappa shape index (κ3) is 5.68. The number of hydrogen-bond donors (Lipinski definition) is 1. The smallest absolute Gasteiger partial charge is 0.261 e. The van der Waals surface area contributed by atoms with Gasteiger partial charge in [-0.1, -0.05) is 51.1 Å². The van der Waals surface area contributed by atoms with Crippen LogP contribution in [-0.4, -0.2) is 25.9 Å². The second-order valence-corrected chi connectivity index (χ2v) is 11.9. The Morgan fingerprint density at radius 1 is 0.971 bits per heavy atom. The Hall–Kier alpha value is -2.70. The van der Waals surface area contributed by atoms with Gasteiger partial charge in [-0.05, 0) is 83.8 Å². The maximum Gasteiger partial charge on any atom is 0.261 e. The van der Waals surface area contributed by atoms with Gasteiger partial charge < -0.3 is 0 Å². The van der Waals surface area contributed by atoms with Gasteiger partial charge in [-0.25, -0.2) is 12.8 Å². The average Bonchev–Trinajstić information content (AvgIpc) is 2.79. The standard InChI is InChI=1S/C28H33FN2O2S/c1-20(17-21-5-8-24(9-6-21)28(2,3)4)31-16-15-22-18-27(14-7-23(22)19-31)34(32,33)30-26-12-10-25(29)11-13-26/h5-14,18,20,30H,15-17,19H2,1-4H3/t20-/m0/s1. The highest BCUT2D eigenvalue weighted by Crippen LogP contribution is 2.27. The van der Waals surface area contributed by atoms with E-state index in [-0.39, 0.29) is 10.3 Å².